The number of methoxy groups -OCH3 is 1. The molecule has 21 heavy (non-hydrogen) atoms. The Morgan fingerprint density at radius 1 is 1.48 bits per heavy atom. The largest absolute Gasteiger partial charge is 0.478 e. The lowest BCUT2D eigenvalue weighted by Crippen LogP contribution is -2.28. The molecule has 0 bridgehead atoms. The molecule has 0 aliphatic carbocycles. The number of carboxylic acids is 1. The lowest BCUT2D eigenvalue weighted by Gasteiger charge is -2.16. The topological polar surface area (TPSA) is 105 Å². The molecule has 0 heterocycles. The van der Waals surface area contributed by atoms with Gasteiger partial charge in [-0.05, 0) is 19.2 Å². The summed E-state index contributed by atoms with van der Waals surface area (Å²) >= 11 is 0. The van der Waals surface area contributed by atoms with Crippen LogP contribution in [0.1, 0.15) is 10.4 Å². The minimum Gasteiger partial charge on any atom is -0.478 e. The standard InChI is InChI=1S/C13H19N3O5/c1-15(7-8-21-2)6-5-14-11-4-3-10(13(17)18)9-12(11)16(19)20/h3-4,9,14H,5-8H2,1-2H3,(H,17,18). The van der Waals surface area contributed by atoms with Gasteiger partial charge in [-0.3, -0.25) is 10.1 Å². The maximum atomic E-state index is 11.0. The zero-order valence-electron chi connectivity index (χ0n) is 12.0. The van der Waals surface area contributed by atoms with Crippen molar-refractivity contribution in [3.05, 3.63) is 33.9 Å². The Morgan fingerprint density at radius 3 is 2.76 bits per heavy atom. The van der Waals surface area contributed by atoms with Gasteiger partial charge in [-0.2, -0.15) is 0 Å². The first-order valence-electron chi connectivity index (χ1n) is 6.38. The number of aromatic carboxylic acids is 1. The summed E-state index contributed by atoms with van der Waals surface area (Å²) < 4.78 is 4.96. The van der Waals surface area contributed by atoms with E-state index in [0.717, 1.165) is 12.6 Å². The second-order valence-corrected chi connectivity index (χ2v) is 4.52. The Morgan fingerprint density at radius 2 is 2.19 bits per heavy atom. The highest BCUT2D eigenvalue weighted by molar-refractivity contribution is 5.89. The van der Waals surface area contributed by atoms with Crippen molar-refractivity contribution in [1.29, 1.82) is 0 Å². The van der Waals surface area contributed by atoms with Crippen LogP contribution in [0.5, 0.6) is 0 Å². The molecule has 8 nitrogen and oxygen atoms in total. The van der Waals surface area contributed by atoms with Crippen molar-refractivity contribution in [2.45, 2.75) is 0 Å². The molecule has 0 spiro atoms. The number of hydrogen-bond donors (Lipinski definition) is 2. The van der Waals surface area contributed by atoms with Crippen molar-refractivity contribution in [2.24, 2.45) is 0 Å². The van der Waals surface area contributed by atoms with Crippen LogP contribution < -0.4 is 5.32 Å². The van der Waals surface area contributed by atoms with Crippen molar-refractivity contribution in [1.82, 2.24) is 4.90 Å². The average Bonchev–Trinajstić information content (AvgIpc) is 2.44. The number of likely N-dealkylation sites (N-methyl/N-ethyl adjacent to an activating group) is 1. The van der Waals surface area contributed by atoms with E-state index in [4.69, 9.17) is 9.84 Å². The zero-order chi connectivity index (χ0) is 15.8. The Kier molecular flexibility index (Phi) is 6.57. The molecule has 0 saturated heterocycles. The molecule has 1 rings (SSSR count). The number of ether oxygens (including phenoxy) is 1. The molecule has 0 aliphatic rings. The molecule has 0 fully saturated rings. The number of anilines is 1. The fraction of sp³-hybridized carbons (Fsp3) is 0.462. The van der Waals surface area contributed by atoms with Gasteiger partial charge in [-0.25, -0.2) is 4.79 Å². The third kappa shape index (κ3) is 5.36. The van der Waals surface area contributed by atoms with E-state index < -0.39 is 10.9 Å². The van der Waals surface area contributed by atoms with Crippen LogP contribution in [0.3, 0.4) is 0 Å². The third-order valence-electron chi connectivity index (χ3n) is 2.93. The number of rotatable bonds is 9. The van der Waals surface area contributed by atoms with Crippen LogP contribution >= 0.6 is 0 Å². The Labute approximate surface area is 122 Å². The van der Waals surface area contributed by atoms with Gasteiger partial charge in [-0.1, -0.05) is 0 Å². The van der Waals surface area contributed by atoms with E-state index >= 15 is 0 Å². The van der Waals surface area contributed by atoms with Crippen LogP contribution in [0.25, 0.3) is 0 Å². The number of carboxylic acid groups (broad SMARTS) is 1. The summed E-state index contributed by atoms with van der Waals surface area (Å²) in [6.45, 7) is 2.57. The number of nitrogens with one attached hydrogen (secondary N) is 1. The van der Waals surface area contributed by atoms with Crippen LogP contribution in [-0.2, 0) is 4.74 Å². The molecule has 0 unspecified atom stereocenters. The number of nitro benzene ring substituents is 1. The number of nitro groups is 1. The molecule has 0 saturated carbocycles. The molecule has 8 heteroatoms. The van der Waals surface area contributed by atoms with Crippen LogP contribution in [-0.4, -0.2) is 61.3 Å². The minimum atomic E-state index is -1.19. The van der Waals surface area contributed by atoms with Crippen LogP contribution in [0.2, 0.25) is 0 Å². The summed E-state index contributed by atoms with van der Waals surface area (Å²) in [7, 11) is 3.54. The molecular weight excluding hydrogens is 278 g/mol. The molecule has 1 aromatic carbocycles. The first-order chi connectivity index (χ1) is 9.95. The van der Waals surface area contributed by atoms with E-state index in [1.807, 2.05) is 11.9 Å². The van der Waals surface area contributed by atoms with E-state index in [-0.39, 0.29) is 11.3 Å². The molecule has 116 valence electrons. The van der Waals surface area contributed by atoms with Gasteiger partial charge >= 0.3 is 5.97 Å². The van der Waals surface area contributed by atoms with Crippen molar-refractivity contribution in [3.63, 3.8) is 0 Å². The van der Waals surface area contributed by atoms with E-state index in [9.17, 15) is 14.9 Å². The Bertz CT molecular complexity index is 507. The fourth-order valence-electron chi connectivity index (χ4n) is 1.71. The normalized spacial score (nSPS) is 10.6. The first-order valence-corrected chi connectivity index (χ1v) is 6.38. The molecule has 0 aliphatic heterocycles. The average molecular weight is 297 g/mol. The highest BCUT2D eigenvalue weighted by atomic mass is 16.6. The smallest absolute Gasteiger partial charge is 0.335 e. The monoisotopic (exact) mass is 297 g/mol. The molecular formula is C13H19N3O5. The van der Waals surface area contributed by atoms with Crippen LogP contribution in [0.4, 0.5) is 11.4 Å². The zero-order valence-corrected chi connectivity index (χ0v) is 12.0. The minimum absolute atomic E-state index is 0.107. The third-order valence-corrected chi connectivity index (χ3v) is 2.93. The van der Waals surface area contributed by atoms with Gasteiger partial charge in [-0.15, -0.1) is 0 Å². The van der Waals surface area contributed by atoms with E-state index in [0.29, 0.717) is 25.4 Å². The summed E-state index contributed by atoms with van der Waals surface area (Å²) in [5, 5.41) is 22.8. The second kappa shape index (κ2) is 8.18. The predicted molar refractivity (Wildman–Crippen MR) is 77.9 cm³/mol. The second-order valence-electron chi connectivity index (χ2n) is 4.52. The van der Waals surface area contributed by atoms with Crippen molar-refractivity contribution >= 4 is 17.3 Å². The van der Waals surface area contributed by atoms with Gasteiger partial charge < -0.3 is 20.1 Å². The maximum Gasteiger partial charge on any atom is 0.335 e. The maximum absolute atomic E-state index is 11.0. The predicted octanol–water partition coefficient (Wildman–Crippen LogP) is 1.28. The van der Waals surface area contributed by atoms with Gasteiger partial charge in [0, 0.05) is 32.8 Å². The molecule has 1 aromatic rings. The molecule has 0 amide bonds. The highest BCUT2D eigenvalue weighted by Gasteiger charge is 2.16. The SMILES string of the molecule is COCCN(C)CCNc1ccc(C(=O)O)cc1[N+](=O)[O-]. The summed E-state index contributed by atoms with van der Waals surface area (Å²) in [4.78, 5) is 23.2. The quantitative estimate of drug-likeness (QED) is 0.522. The Balaban J connectivity index is 2.66. The number of nitrogens with zero attached hydrogens (tertiary/aromatic N) is 2. The van der Waals surface area contributed by atoms with Crippen molar-refractivity contribution in [2.75, 3.05) is 45.7 Å². The van der Waals surface area contributed by atoms with Crippen molar-refractivity contribution < 1.29 is 19.6 Å². The van der Waals surface area contributed by atoms with E-state index in [1.54, 1.807) is 7.11 Å². The van der Waals surface area contributed by atoms with Gasteiger partial charge in [0.25, 0.3) is 5.69 Å². The lowest BCUT2D eigenvalue weighted by molar-refractivity contribution is -0.384. The summed E-state index contributed by atoms with van der Waals surface area (Å²) in [5.41, 5.74) is -0.0379. The fourth-order valence-corrected chi connectivity index (χ4v) is 1.71. The van der Waals surface area contributed by atoms with Gasteiger partial charge in [0.2, 0.25) is 0 Å². The van der Waals surface area contributed by atoms with E-state index in [1.165, 1.54) is 12.1 Å². The molecule has 0 radical (unpaired) electrons. The Hall–Kier alpha value is -2.19. The molecule has 0 atom stereocenters. The van der Waals surface area contributed by atoms with E-state index in [2.05, 4.69) is 5.32 Å². The number of carbonyl (C=O) groups is 1. The van der Waals surface area contributed by atoms with Gasteiger partial charge in [0.1, 0.15) is 5.69 Å². The number of hydrogen-bond acceptors (Lipinski definition) is 6. The number of benzene rings is 1. The van der Waals surface area contributed by atoms with Crippen LogP contribution in [0, 0.1) is 10.1 Å². The molecule has 2 N–H and O–H groups in total. The van der Waals surface area contributed by atoms with Gasteiger partial charge in [0.15, 0.2) is 0 Å². The first kappa shape index (κ1) is 16.9. The summed E-state index contributed by atoms with van der Waals surface area (Å²) in [6.07, 6.45) is 0. The van der Waals surface area contributed by atoms with Crippen molar-refractivity contribution in [3.8, 4) is 0 Å². The highest BCUT2D eigenvalue weighted by Crippen LogP contribution is 2.25. The summed E-state index contributed by atoms with van der Waals surface area (Å²) in [5.74, 6) is -1.19. The summed E-state index contributed by atoms with van der Waals surface area (Å²) in [6, 6.07) is 3.81. The van der Waals surface area contributed by atoms with Crippen LogP contribution in [0.15, 0.2) is 18.2 Å². The van der Waals surface area contributed by atoms with Gasteiger partial charge in [0.05, 0.1) is 17.1 Å². The lowest BCUT2D eigenvalue weighted by atomic mass is 10.1. The molecule has 0 aromatic heterocycles.